The van der Waals surface area contributed by atoms with Crippen molar-refractivity contribution in [3.05, 3.63) is 76.9 Å². The van der Waals surface area contributed by atoms with Gasteiger partial charge in [0.25, 0.3) is 0 Å². The average molecular weight is 278 g/mol. The molecule has 0 fully saturated rings. The van der Waals surface area contributed by atoms with E-state index in [1.54, 1.807) is 0 Å². The number of hydrogen-bond acceptors (Lipinski definition) is 0. The summed E-state index contributed by atoms with van der Waals surface area (Å²) in [6.45, 7) is 4.41. The first-order valence-electron chi connectivity index (χ1n) is 8.15. The number of allylic oxidation sites excluding steroid dienone is 1. The van der Waals surface area contributed by atoms with Crippen LogP contribution in [0.3, 0.4) is 0 Å². The topological polar surface area (TPSA) is 0 Å². The Hall–Kier alpha value is -1.82. The molecule has 2 rings (SSSR count). The summed E-state index contributed by atoms with van der Waals surface area (Å²) in [6.07, 6.45) is 10.2. The molecule has 2 aromatic rings. The first-order valence-corrected chi connectivity index (χ1v) is 8.15. The van der Waals surface area contributed by atoms with Crippen LogP contribution in [0.1, 0.15) is 48.9 Å². The fraction of sp³-hybridized carbons (Fsp3) is 0.333. The fourth-order valence-electron chi connectivity index (χ4n) is 2.47. The summed E-state index contributed by atoms with van der Waals surface area (Å²) in [7, 11) is 0. The predicted molar refractivity (Wildman–Crippen MR) is 93.6 cm³/mol. The molecule has 0 N–H and O–H groups in total. The smallest absolute Gasteiger partial charge is 0.0238 e. The van der Waals surface area contributed by atoms with Crippen LogP contribution < -0.4 is 0 Å². The number of rotatable bonds is 7. The van der Waals surface area contributed by atoms with E-state index in [0.29, 0.717) is 0 Å². The summed E-state index contributed by atoms with van der Waals surface area (Å²) in [5.74, 6) is 0. The normalized spacial score (nSPS) is 11.1. The highest BCUT2D eigenvalue weighted by Crippen LogP contribution is 2.12. The van der Waals surface area contributed by atoms with Crippen molar-refractivity contribution in [2.75, 3.05) is 0 Å². The second kappa shape index (κ2) is 8.46. The van der Waals surface area contributed by atoms with Crippen LogP contribution in [-0.4, -0.2) is 0 Å². The molecule has 0 aromatic heterocycles. The summed E-state index contributed by atoms with van der Waals surface area (Å²) in [4.78, 5) is 0. The summed E-state index contributed by atoms with van der Waals surface area (Å²) in [6, 6.07) is 17.9. The summed E-state index contributed by atoms with van der Waals surface area (Å²) >= 11 is 0. The summed E-state index contributed by atoms with van der Waals surface area (Å²) in [5.41, 5.74) is 5.59. The Kier molecular flexibility index (Phi) is 6.27. The summed E-state index contributed by atoms with van der Waals surface area (Å²) < 4.78 is 0. The standard InChI is InChI=1S/C21H26/c1-3-5-6-8-20-9-7-10-21(17-20)16-15-19-13-11-18(4-2)12-14-19/h6-14,17H,3-5,15-16H2,1-2H3/b8-6+. The largest absolute Gasteiger partial charge is 0.0840 e. The molecular formula is C21H26. The lowest BCUT2D eigenvalue weighted by molar-refractivity contribution is 0.955. The van der Waals surface area contributed by atoms with Crippen molar-refractivity contribution < 1.29 is 0 Å². The third-order valence-corrected chi connectivity index (χ3v) is 3.85. The summed E-state index contributed by atoms with van der Waals surface area (Å²) in [5, 5.41) is 0. The minimum atomic E-state index is 1.11. The zero-order valence-corrected chi connectivity index (χ0v) is 13.3. The molecular weight excluding hydrogens is 252 g/mol. The monoisotopic (exact) mass is 278 g/mol. The van der Waals surface area contributed by atoms with Crippen molar-refractivity contribution in [2.24, 2.45) is 0 Å². The van der Waals surface area contributed by atoms with Crippen LogP contribution in [0.4, 0.5) is 0 Å². The van der Waals surface area contributed by atoms with Gasteiger partial charge >= 0.3 is 0 Å². The van der Waals surface area contributed by atoms with E-state index >= 15 is 0 Å². The van der Waals surface area contributed by atoms with Crippen molar-refractivity contribution in [2.45, 2.75) is 46.0 Å². The molecule has 110 valence electrons. The molecule has 0 aliphatic heterocycles. The van der Waals surface area contributed by atoms with Gasteiger partial charge in [-0.05, 0) is 47.9 Å². The average Bonchev–Trinajstić information content (AvgIpc) is 2.54. The van der Waals surface area contributed by atoms with Gasteiger partial charge in [0, 0.05) is 0 Å². The van der Waals surface area contributed by atoms with Crippen LogP contribution in [0.5, 0.6) is 0 Å². The highest BCUT2D eigenvalue weighted by molar-refractivity contribution is 5.50. The van der Waals surface area contributed by atoms with E-state index in [-0.39, 0.29) is 0 Å². The second-order valence-corrected chi connectivity index (χ2v) is 5.61. The van der Waals surface area contributed by atoms with Gasteiger partial charge in [0.2, 0.25) is 0 Å². The minimum Gasteiger partial charge on any atom is -0.0840 e. The van der Waals surface area contributed by atoms with Crippen LogP contribution in [0.2, 0.25) is 0 Å². The highest BCUT2D eigenvalue weighted by Gasteiger charge is 1.97. The Balaban J connectivity index is 1.94. The van der Waals surface area contributed by atoms with Crippen molar-refractivity contribution in [1.29, 1.82) is 0 Å². The molecule has 0 aliphatic carbocycles. The van der Waals surface area contributed by atoms with Crippen LogP contribution >= 0.6 is 0 Å². The zero-order valence-electron chi connectivity index (χ0n) is 13.3. The lowest BCUT2D eigenvalue weighted by Gasteiger charge is -2.05. The Bertz CT molecular complexity index is 561. The van der Waals surface area contributed by atoms with Crippen molar-refractivity contribution in [1.82, 2.24) is 0 Å². The van der Waals surface area contributed by atoms with Crippen molar-refractivity contribution in [3.63, 3.8) is 0 Å². The van der Waals surface area contributed by atoms with Gasteiger partial charge in [-0.25, -0.2) is 0 Å². The quantitative estimate of drug-likeness (QED) is 0.596. The Morgan fingerprint density at radius 2 is 1.52 bits per heavy atom. The number of hydrogen-bond donors (Lipinski definition) is 0. The van der Waals surface area contributed by atoms with Gasteiger partial charge in [-0.2, -0.15) is 0 Å². The molecule has 0 spiro atoms. The van der Waals surface area contributed by atoms with Gasteiger partial charge in [-0.1, -0.05) is 81.0 Å². The van der Waals surface area contributed by atoms with E-state index in [9.17, 15) is 0 Å². The van der Waals surface area contributed by atoms with E-state index in [2.05, 4.69) is 74.5 Å². The number of aryl methyl sites for hydroxylation is 3. The van der Waals surface area contributed by atoms with E-state index in [1.165, 1.54) is 28.7 Å². The molecule has 0 heteroatoms. The maximum atomic E-state index is 2.31. The molecule has 2 aromatic carbocycles. The van der Waals surface area contributed by atoms with Crippen molar-refractivity contribution in [3.8, 4) is 0 Å². The number of unbranched alkanes of at least 4 members (excludes halogenated alkanes) is 1. The van der Waals surface area contributed by atoms with Crippen molar-refractivity contribution >= 4 is 6.08 Å². The molecule has 0 aliphatic rings. The predicted octanol–water partition coefficient (Wildman–Crippen LogP) is 5.85. The van der Waals surface area contributed by atoms with Crippen LogP contribution in [0.15, 0.2) is 54.6 Å². The van der Waals surface area contributed by atoms with Gasteiger partial charge in [0.1, 0.15) is 0 Å². The highest BCUT2D eigenvalue weighted by atomic mass is 14.0. The van der Waals surface area contributed by atoms with E-state index < -0.39 is 0 Å². The third kappa shape index (κ3) is 5.23. The molecule has 0 radical (unpaired) electrons. The third-order valence-electron chi connectivity index (χ3n) is 3.85. The maximum absolute atomic E-state index is 2.31. The zero-order chi connectivity index (χ0) is 14.9. The fourth-order valence-corrected chi connectivity index (χ4v) is 2.47. The van der Waals surface area contributed by atoms with E-state index in [1.807, 2.05) is 0 Å². The molecule has 0 saturated carbocycles. The van der Waals surface area contributed by atoms with Crippen LogP contribution in [-0.2, 0) is 19.3 Å². The lowest BCUT2D eigenvalue weighted by atomic mass is 10.0. The number of benzene rings is 2. The lowest BCUT2D eigenvalue weighted by Crippen LogP contribution is -1.92. The molecule has 0 amide bonds. The molecule has 21 heavy (non-hydrogen) atoms. The molecule has 0 nitrogen and oxygen atoms in total. The Morgan fingerprint density at radius 1 is 0.810 bits per heavy atom. The van der Waals surface area contributed by atoms with E-state index in [4.69, 9.17) is 0 Å². The van der Waals surface area contributed by atoms with Crippen LogP contribution in [0.25, 0.3) is 6.08 Å². The molecule has 0 heterocycles. The molecule has 0 atom stereocenters. The van der Waals surface area contributed by atoms with E-state index in [0.717, 1.165) is 25.7 Å². The first-order chi connectivity index (χ1) is 10.3. The van der Waals surface area contributed by atoms with Crippen LogP contribution in [0, 0.1) is 0 Å². The second-order valence-electron chi connectivity index (χ2n) is 5.61. The SMILES string of the molecule is CCC/C=C/c1cccc(CCc2ccc(CC)cc2)c1. The Morgan fingerprint density at radius 3 is 2.24 bits per heavy atom. The van der Waals surface area contributed by atoms with Gasteiger partial charge in [0.05, 0.1) is 0 Å². The minimum absolute atomic E-state index is 1.11. The molecule has 0 bridgehead atoms. The molecule has 0 unspecified atom stereocenters. The first kappa shape index (κ1) is 15.6. The van der Waals surface area contributed by atoms with Gasteiger partial charge in [0.15, 0.2) is 0 Å². The molecule has 0 saturated heterocycles. The Labute approximate surface area is 129 Å². The van der Waals surface area contributed by atoms with Gasteiger partial charge in [-0.3, -0.25) is 0 Å². The maximum Gasteiger partial charge on any atom is -0.0238 e. The van der Waals surface area contributed by atoms with Gasteiger partial charge < -0.3 is 0 Å². The van der Waals surface area contributed by atoms with Gasteiger partial charge in [-0.15, -0.1) is 0 Å².